The van der Waals surface area contributed by atoms with Crippen molar-refractivity contribution in [3.05, 3.63) is 0 Å². The summed E-state index contributed by atoms with van der Waals surface area (Å²) in [6.45, 7) is 0. The average molecular weight is 395 g/mol. The Hall–Kier alpha value is -0.541. The Morgan fingerprint density at radius 2 is 0.960 bits per heavy atom. The molecule has 2 fully saturated rings. The molecule has 0 saturated heterocycles. The Morgan fingerprint density at radius 1 is 0.640 bits per heavy atom. The van der Waals surface area contributed by atoms with Crippen LogP contribution in [-0.2, 0) is 26.7 Å². The molecule has 0 unspecified atom stereocenters. The zero-order valence-electron chi connectivity index (χ0n) is 15.6. The summed E-state index contributed by atoms with van der Waals surface area (Å²) in [7, 11) is 0. The number of carboxylic acid groups (broad SMARTS) is 2. The number of carbonyl (C=O) groups is 2. The standard InChI is InChI=1S/2C10H18O2.Mn/c2*11-10(12)8-4-7-9-5-2-1-3-6-9;/h2*9H,1-8H2,(H,11,12);. The van der Waals surface area contributed by atoms with Gasteiger partial charge >= 0.3 is 11.9 Å². The third-order valence-corrected chi connectivity index (χ3v) is 5.46. The Kier molecular flexibility index (Phi) is 15.4. The molecule has 0 heterocycles. The smallest absolute Gasteiger partial charge is 0.303 e. The van der Waals surface area contributed by atoms with E-state index in [1.165, 1.54) is 64.2 Å². The zero-order chi connectivity index (χ0) is 17.6. The quantitative estimate of drug-likeness (QED) is 0.522. The van der Waals surface area contributed by atoms with Gasteiger partial charge in [0.25, 0.3) is 0 Å². The summed E-state index contributed by atoms with van der Waals surface area (Å²) in [4.78, 5) is 20.5. The van der Waals surface area contributed by atoms with Crippen molar-refractivity contribution in [2.75, 3.05) is 0 Å². The summed E-state index contributed by atoms with van der Waals surface area (Å²) in [5.74, 6) is 0.368. The molecule has 1 radical (unpaired) electrons. The van der Waals surface area contributed by atoms with Crippen molar-refractivity contribution in [2.24, 2.45) is 11.8 Å². The Morgan fingerprint density at radius 3 is 1.24 bits per heavy atom. The third kappa shape index (κ3) is 14.3. The molecular weight excluding hydrogens is 359 g/mol. The molecule has 2 rings (SSSR count). The van der Waals surface area contributed by atoms with Gasteiger partial charge in [0.1, 0.15) is 0 Å². The van der Waals surface area contributed by atoms with Gasteiger partial charge in [0.15, 0.2) is 0 Å². The summed E-state index contributed by atoms with van der Waals surface area (Å²) in [6.07, 6.45) is 18.3. The maximum absolute atomic E-state index is 10.2. The van der Waals surface area contributed by atoms with Crippen LogP contribution >= 0.6 is 0 Å². The van der Waals surface area contributed by atoms with Gasteiger partial charge in [-0.1, -0.05) is 64.2 Å². The number of rotatable bonds is 8. The molecule has 4 nitrogen and oxygen atoms in total. The molecule has 0 spiro atoms. The predicted octanol–water partition coefficient (Wildman–Crippen LogP) is 5.64. The van der Waals surface area contributed by atoms with Gasteiger partial charge in [0.05, 0.1) is 0 Å². The normalized spacial score (nSPS) is 18.6. The average Bonchev–Trinajstić information content (AvgIpc) is 2.57. The fraction of sp³-hybridized carbons (Fsp3) is 0.900. The fourth-order valence-corrected chi connectivity index (χ4v) is 4.04. The van der Waals surface area contributed by atoms with E-state index in [0.29, 0.717) is 12.8 Å². The molecule has 2 saturated carbocycles. The monoisotopic (exact) mass is 395 g/mol. The van der Waals surface area contributed by atoms with Crippen LogP contribution in [-0.4, -0.2) is 22.2 Å². The zero-order valence-corrected chi connectivity index (χ0v) is 16.7. The predicted molar refractivity (Wildman–Crippen MR) is 96.1 cm³/mol. The second-order valence-corrected chi connectivity index (χ2v) is 7.58. The van der Waals surface area contributed by atoms with Crippen LogP contribution in [0.2, 0.25) is 0 Å². The first-order chi connectivity index (χ1) is 11.6. The van der Waals surface area contributed by atoms with E-state index in [-0.39, 0.29) is 17.1 Å². The topological polar surface area (TPSA) is 74.6 Å². The van der Waals surface area contributed by atoms with Gasteiger partial charge < -0.3 is 10.2 Å². The molecule has 2 aliphatic carbocycles. The summed E-state index contributed by atoms with van der Waals surface area (Å²) < 4.78 is 0. The van der Waals surface area contributed by atoms with E-state index in [1.807, 2.05) is 0 Å². The SMILES string of the molecule is O=C(O)CCCC1CCCCC1.O=C(O)CCCC1CCCCC1.[Mn]. The largest absolute Gasteiger partial charge is 0.481 e. The summed E-state index contributed by atoms with van der Waals surface area (Å²) in [5.41, 5.74) is 0. The van der Waals surface area contributed by atoms with Gasteiger partial charge in [-0.25, -0.2) is 0 Å². The van der Waals surface area contributed by atoms with Crippen LogP contribution in [0.3, 0.4) is 0 Å². The molecule has 2 aliphatic rings. The van der Waals surface area contributed by atoms with Gasteiger partial charge in [-0.3, -0.25) is 9.59 Å². The van der Waals surface area contributed by atoms with E-state index in [2.05, 4.69) is 0 Å². The van der Waals surface area contributed by atoms with Crippen molar-refractivity contribution in [3.8, 4) is 0 Å². The van der Waals surface area contributed by atoms with E-state index in [1.54, 1.807) is 0 Å². The van der Waals surface area contributed by atoms with Crippen molar-refractivity contribution in [2.45, 2.75) is 103 Å². The minimum absolute atomic E-state index is 0. The molecule has 0 amide bonds. The molecule has 147 valence electrons. The molecule has 0 aromatic rings. The van der Waals surface area contributed by atoms with Gasteiger partial charge in [0.2, 0.25) is 0 Å². The van der Waals surface area contributed by atoms with Crippen molar-refractivity contribution in [1.29, 1.82) is 0 Å². The molecule has 0 aromatic carbocycles. The van der Waals surface area contributed by atoms with E-state index >= 15 is 0 Å². The van der Waals surface area contributed by atoms with Crippen molar-refractivity contribution in [1.82, 2.24) is 0 Å². The molecule has 0 bridgehead atoms. The van der Waals surface area contributed by atoms with E-state index in [4.69, 9.17) is 10.2 Å². The van der Waals surface area contributed by atoms with E-state index < -0.39 is 11.9 Å². The fourth-order valence-electron chi connectivity index (χ4n) is 4.04. The number of hydrogen-bond donors (Lipinski definition) is 2. The van der Waals surface area contributed by atoms with Gasteiger partial charge in [-0.15, -0.1) is 0 Å². The van der Waals surface area contributed by atoms with Crippen LogP contribution in [0.4, 0.5) is 0 Å². The molecule has 25 heavy (non-hydrogen) atoms. The minimum atomic E-state index is -0.647. The first-order valence-corrected chi connectivity index (χ1v) is 10.0. The van der Waals surface area contributed by atoms with Crippen LogP contribution in [0.5, 0.6) is 0 Å². The molecule has 0 atom stereocenters. The van der Waals surface area contributed by atoms with Crippen LogP contribution in [0.15, 0.2) is 0 Å². The van der Waals surface area contributed by atoms with Gasteiger partial charge in [0, 0.05) is 29.9 Å². The molecule has 0 aromatic heterocycles. The van der Waals surface area contributed by atoms with Crippen LogP contribution in [0, 0.1) is 11.8 Å². The van der Waals surface area contributed by atoms with E-state index in [0.717, 1.165) is 37.5 Å². The molecule has 0 aliphatic heterocycles. The summed E-state index contributed by atoms with van der Waals surface area (Å²) >= 11 is 0. The Bertz CT molecular complexity index is 314. The second-order valence-electron chi connectivity index (χ2n) is 7.58. The van der Waals surface area contributed by atoms with Crippen molar-refractivity contribution < 1.29 is 36.9 Å². The Labute approximate surface area is 163 Å². The molecule has 5 heteroatoms. The first kappa shape index (κ1) is 24.5. The second kappa shape index (κ2) is 15.7. The van der Waals surface area contributed by atoms with Gasteiger partial charge in [-0.05, 0) is 37.5 Å². The number of carboxylic acids is 2. The third-order valence-electron chi connectivity index (χ3n) is 5.46. The Balaban J connectivity index is 0.000000443. The molecule has 2 N–H and O–H groups in total. The van der Waals surface area contributed by atoms with Crippen molar-refractivity contribution >= 4 is 11.9 Å². The maximum atomic E-state index is 10.2. The van der Waals surface area contributed by atoms with E-state index in [9.17, 15) is 9.59 Å². The number of hydrogen-bond acceptors (Lipinski definition) is 2. The summed E-state index contributed by atoms with van der Waals surface area (Å²) in [6, 6.07) is 0. The van der Waals surface area contributed by atoms with Gasteiger partial charge in [-0.2, -0.15) is 0 Å². The van der Waals surface area contributed by atoms with Crippen LogP contribution < -0.4 is 0 Å². The molecular formula is C20H36MnO4. The number of aliphatic carboxylic acids is 2. The minimum Gasteiger partial charge on any atom is -0.481 e. The summed E-state index contributed by atoms with van der Waals surface area (Å²) in [5, 5.41) is 16.9. The maximum Gasteiger partial charge on any atom is 0.303 e. The van der Waals surface area contributed by atoms with Crippen molar-refractivity contribution in [3.63, 3.8) is 0 Å². The van der Waals surface area contributed by atoms with Crippen LogP contribution in [0.1, 0.15) is 103 Å². The first-order valence-electron chi connectivity index (χ1n) is 10.0. The van der Waals surface area contributed by atoms with Crippen LogP contribution in [0.25, 0.3) is 0 Å².